The predicted octanol–water partition coefficient (Wildman–Crippen LogP) is 1.22. The molecule has 4 heteroatoms. The van der Waals surface area contributed by atoms with E-state index in [1.54, 1.807) is 12.3 Å². The highest BCUT2D eigenvalue weighted by atomic mass is 35.5. The molecule has 1 atom stereocenters. The second-order valence-electron chi connectivity index (χ2n) is 1.70. The summed E-state index contributed by atoms with van der Waals surface area (Å²) in [5.74, 6) is 0. The second-order valence-corrected chi connectivity index (χ2v) is 3.44. The molecule has 2 heterocycles. The van der Waals surface area contributed by atoms with E-state index in [-0.39, 0.29) is 0 Å². The van der Waals surface area contributed by atoms with Crippen molar-refractivity contribution in [3.8, 4) is 0 Å². The molecule has 2 nitrogen and oxygen atoms in total. The molecule has 9 heavy (non-hydrogen) atoms. The smallest absolute Gasteiger partial charge is 0.146 e. The van der Waals surface area contributed by atoms with E-state index in [0.29, 0.717) is 10.0 Å². The molecule has 0 saturated heterocycles. The summed E-state index contributed by atoms with van der Waals surface area (Å²) in [4.78, 5) is 5.29. The summed E-state index contributed by atoms with van der Waals surface area (Å²) < 4.78 is 10.8. The molecule has 0 aliphatic carbocycles. The van der Waals surface area contributed by atoms with Crippen molar-refractivity contribution in [3.63, 3.8) is 0 Å². The molecule has 46 valence electrons. The highest BCUT2D eigenvalue weighted by Gasteiger charge is 2.31. The lowest BCUT2D eigenvalue weighted by molar-refractivity contribution is 0.693. The summed E-state index contributed by atoms with van der Waals surface area (Å²) in [5, 5.41) is 0.380. The van der Waals surface area contributed by atoms with Gasteiger partial charge in [0.2, 0.25) is 0 Å². The van der Waals surface area contributed by atoms with Gasteiger partial charge in [0.25, 0.3) is 0 Å². The van der Waals surface area contributed by atoms with Crippen molar-refractivity contribution >= 4 is 22.4 Å². The largest absolute Gasteiger partial charge is 0.249 e. The van der Waals surface area contributed by atoms with Gasteiger partial charge in [-0.3, -0.25) is 0 Å². The molecule has 1 aromatic heterocycles. The third-order valence-corrected chi connectivity index (χ3v) is 2.89. The van der Waals surface area contributed by atoms with Crippen molar-refractivity contribution in [2.45, 2.75) is 9.79 Å². The second kappa shape index (κ2) is 1.55. The van der Waals surface area contributed by atoms with Gasteiger partial charge in [-0.05, 0) is 6.07 Å². The van der Waals surface area contributed by atoms with Gasteiger partial charge < -0.3 is 0 Å². The van der Waals surface area contributed by atoms with Crippen LogP contribution in [0.1, 0.15) is 0 Å². The minimum atomic E-state index is -0.921. The third-order valence-electron chi connectivity index (χ3n) is 1.17. The first kappa shape index (κ1) is 5.38. The fraction of sp³-hybridized carbons (Fsp3) is 0. The van der Waals surface area contributed by atoms with E-state index in [1.807, 2.05) is 0 Å². The van der Waals surface area contributed by atoms with Crippen LogP contribution in [0, 0.1) is 0 Å². The molecule has 1 aromatic rings. The van der Waals surface area contributed by atoms with Gasteiger partial charge in [0.15, 0.2) is 0 Å². The Balaban J connectivity index is 2.74. The van der Waals surface area contributed by atoms with Gasteiger partial charge in [-0.2, -0.15) is 0 Å². The number of hydrogen-bond donors (Lipinski definition) is 0. The fourth-order valence-corrected chi connectivity index (χ4v) is 2.07. The Morgan fingerprint density at radius 3 is 3.00 bits per heavy atom. The van der Waals surface area contributed by atoms with Crippen LogP contribution in [0.4, 0.5) is 0 Å². The lowest BCUT2D eigenvalue weighted by Gasteiger charge is -1.76. The molecule has 1 aliphatic heterocycles. The topological polar surface area (TPSA) is 30.0 Å². The molecule has 0 N–H and O–H groups in total. The number of fused-ring (bicyclic) bond motifs is 1. The summed E-state index contributed by atoms with van der Waals surface area (Å²) in [7, 11) is -0.921. The highest BCUT2D eigenvalue weighted by Crippen LogP contribution is 2.39. The van der Waals surface area contributed by atoms with E-state index in [9.17, 15) is 4.21 Å². The lowest BCUT2D eigenvalue weighted by Crippen LogP contribution is -1.66. The van der Waals surface area contributed by atoms with Gasteiger partial charge in [-0.1, -0.05) is 11.6 Å². The number of aromatic nitrogens is 1. The van der Waals surface area contributed by atoms with Gasteiger partial charge in [0.05, 0.1) is 20.6 Å². The molecule has 0 fully saturated rings. The van der Waals surface area contributed by atoms with Crippen molar-refractivity contribution in [3.05, 3.63) is 17.4 Å². The molecule has 1 aliphatic rings. The monoisotopic (exact) mass is 159 g/mol. The zero-order valence-corrected chi connectivity index (χ0v) is 5.87. The first-order chi connectivity index (χ1) is 4.30. The fourth-order valence-electron chi connectivity index (χ4n) is 0.691. The van der Waals surface area contributed by atoms with Crippen LogP contribution in [-0.4, -0.2) is 9.19 Å². The molecule has 0 aromatic carbocycles. The minimum Gasteiger partial charge on any atom is -0.249 e. The van der Waals surface area contributed by atoms with Crippen molar-refractivity contribution in [1.29, 1.82) is 0 Å². The van der Waals surface area contributed by atoms with Gasteiger partial charge in [0.1, 0.15) is 5.15 Å². The number of rotatable bonds is 0. The molecular formula is C5H2ClNOS. The molecule has 0 amide bonds. The maximum Gasteiger partial charge on any atom is 0.146 e. The lowest BCUT2D eigenvalue weighted by atomic mass is 10.5. The van der Waals surface area contributed by atoms with E-state index in [1.165, 1.54) is 0 Å². The van der Waals surface area contributed by atoms with Gasteiger partial charge >= 0.3 is 0 Å². The zero-order chi connectivity index (χ0) is 6.43. The quantitative estimate of drug-likeness (QED) is 0.427. The molecule has 0 radical (unpaired) electrons. The van der Waals surface area contributed by atoms with Gasteiger partial charge in [0, 0.05) is 6.20 Å². The van der Waals surface area contributed by atoms with Gasteiger partial charge in [-0.15, -0.1) is 0 Å². The molecule has 0 spiro atoms. The zero-order valence-electron chi connectivity index (χ0n) is 4.30. The Morgan fingerprint density at radius 1 is 1.67 bits per heavy atom. The van der Waals surface area contributed by atoms with Crippen LogP contribution in [-0.2, 0) is 10.8 Å². The molecule has 0 bridgehead atoms. The standard InChI is InChI=1S/C5H2ClNOS/c6-5-4-3(9(4)8)1-2-7-5/h1-2H. The van der Waals surface area contributed by atoms with E-state index in [4.69, 9.17) is 11.6 Å². The minimum absolute atomic E-state index is 0.380. The molecular weight excluding hydrogens is 158 g/mol. The Hall–Kier alpha value is -0.410. The van der Waals surface area contributed by atoms with Crippen LogP contribution in [0.15, 0.2) is 22.1 Å². The Morgan fingerprint density at radius 2 is 2.44 bits per heavy atom. The van der Waals surface area contributed by atoms with Crippen LogP contribution in [0.5, 0.6) is 0 Å². The SMILES string of the molecule is O=S1c2ccnc(Cl)c21. The van der Waals surface area contributed by atoms with E-state index < -0.39 is 10.8 Å². The van der Waals surface area contributed by atoms with Crippen LogP contribution in [0.2, 0.25) is 5.15 Å². The first-order valence-electron chi connectivity index (χ1n) is 2.37. The van der Waals surface area contributed by atoms with Crippen molar-refractivity contribution in [2.24, 2.45) is 0 Å². The average Bonchev–Trinajstić information content (AvgIpc) is 2.45. The summed E-state index contributed by atoms with van der Waals surface area (Å²) in [6.07, 6.45) is 1.56. The summed E-state index contributed by atoms with van der Waals surface area (Å²) in [6.45, 7) is 0. The van der Waals surface area contributed by atoms with Crippen molar-refractivity contribution < 1.29 is 4.21 Å². The Bertz CT molecular complexity index is 299. The Kier molecular flexibility index (Phi) is 0.926. The van der Waals surface area contributed by atoms with E-state index >= 15 is 0 Å². The predicted molar refractivity (Wildman–Crippen MR) is 33.9 cm³/mol. The number of nitrogens with zero attached hydrogens (tertiary/aromatic N) is 1. The normalized spacial score (nSPS) is 21.2. The highest BCUT2D eigenvalue weighted by molar-refractivity contribution is 7.91. The maximum atomic E-state index is 10.8. The number of hydrogen-bond acceptors (Lipinski definition) is 2. The van der Waals surface area contributed by atoms with Crippen molar-refractivity contribution in [2.75, 3.05) is 0 Å². The molecule has 2 rings (SSSR count). The summed E-state index contributed by atoms with van der Waals surface area (Å²) in [6, 6.07) is 1.72. The number of pyridine rings is 1. The van der Waals surface area contributed by atoms with E-state index in [0.717, 1.165) is 4.90 Å². The maximum absolute atomic E-state index is 10.8. The van der Waals surface area contributed by atoms with Gasteiger partial charge in [-0.25, -0.2) is 9.19 Å². The summed E-state index contributed by atoms with van der Waals surface area (Å²) in [5.41, 5.74) is 0. The van der Waals surface area contributed by atoms with Crippen LogP contribution >= 0.6 is 11.6 Å². The van der Waals surface area contributed by atoms with Crippen molar-refractivity contribution in [1.82, 2.24) is 4.98 Å². The van der Waals surface area contributed by atoms with Crippen LogP contribution in [0.3, 0.4) is 0 Å². The molecule has 0 saturated carbocycles. The summed E-state index contributed by atoms with van der Waals surface area (Å²) >= 11 is 5.55. The van der Waals surface area contributed by atoms with Crippen LogP contribution in [0.25, 0.3) is 0 Å². The average molecular weight is 160 g/mol. The Labute approximate surface area is 59.3 Å². The number of halogens is 1. The third kappa shape index (κ3) is 0.618. The molecule has 1 unspecified atom stereocenters. The van der Waals surface area contributed by atoms with E-state index in [2.05, 4.69) is 4.98 Å². The first-order valence-corrected chi connectivity index (χ1v) is 3.90. The van der Waals surface area contributed by atoms with Crippen LogP contribution < -0.4 is 0 Å².